The Morgan fingerprint density at radius 3 is 2.41 bits per heavy atom. The number of fused-ring (bicyclic) bond motifs is 2. The molecule has 0 spiro atoms. The number of benzene rings is 2. The second kappa shape index (κ2) is 8.01. The molecule has 0 bridgehead atoms. The van der Waals surface area contributed by atoms with Crippen molar-refractivity contribution < 1.29 is 15.0 Å². The van der Waals surface area contributed by atoms with Crippen molar-refractivity contribution in [1.82, 2.24) is 9.55 Å². The number of pyridine rings is 1. The van der Waals surface area contributed by atoms with Crippen LogP contribution in [0.2, 0.25) is 0 Å². The van der Waals surface area contributed by atoms with Crippen LogP contribution in [0.1, 0.15) is 17.0 Å². The maximum absolute atomic E-state index is 13.4. The van der Waals surface area contributed by atoms with Crippen molar-refractivity contribution in [2.45, 2.75) is 19.4 Å². The summed E-state index contributed by atoms with van der Waals surface area (Å²) in [5.41, 5.74) is 1.88. The molecule has 1 atom stereocenters. The molecule has 0 radical (unpaired) electrons. The quantitative estimate of drug-likeness (QED) is 0.340. The Morgan fingerprint density at radius 1 is 1.06 bits per heavy atom. The highest BCUT2D eigenvalue weighted by Gasteiger charge is 2.26. The van der Waals surface area contributed by atoms with Gasteiger partial charge < -0.3 is 15.5 Å². The smallest absolute Gasteiger partial charge is 0.234 e. The lowest BCUT2D eigenvalue weighted by Crippen LogP contribution is -2.24. The van der Waals surface area contributed by atoms with E-state index in [1.165, 1.54) is 15.9 Å². The molecule has 6 nitrogen and oxygen atoms in total. The first-order valence-electron chi connectivity index (χ1n) is 10.2. The Hall–Kier alpha value is -3.84. The molecule has 32 heavy (non-hydrogen) atoms. The predicted octanol–water partition coefficient (Wildman–Crippen LogP) is 5.39. The molecule has 160 valence electrons. The molecule has 3 heterocycles. The lowest BCUT2D eigenvalue weighted by Gasteiger charge is -2.19. The van der Waals surface area contributed by atoms with E-state index in [0.29, 0.717) is 10.8 Å². The van der Waals surface area contributed by atoms with Gasteiger partial charge in [-0.2, -0.15) is 0 Å². The van der Waals surface area contributed by atoms with Crippen molar-refractivity contribution in [2.75, 3.05) is 5.32 Å². The van der Waals surface area contributed by atoms with E-state index in [-0.39, 0.29) is 24.2 Å². The summed E-state index contributed by atoms with van der Waals surface area (Å²) in [5, 5.41) is 27.3. The number of amides is 1. The second-order valence-electron chi connectivity index (χ2n) is 7.78. The number of nitrogens with one attached hydrogen (secondary N) is 1. The summed E-state index contributed by atoms with van der Waals surface area (Å²) in [4.78, 5) is 17.6. The number of aromatic hydroxyl groups is 2. The Kier molecular flexibility index (Phi) is 5.03. The average Bonchev–Trinajstić information content (AvgIpc) is 3.31. The van der Waals surface area contributed by atoms with Crippen molar-refractivity contribution in [1.29, 1.82) is 0 Å². The Morgan fingerprint density at radius 2 is 1.75 bits per heavy atom. The van der Waals surface area contributed by atoms with Crippen molar-refractivity contribution >= 4 is 43.1 Å². The molecule has 0 saturated heterocycles. The summed E-state index contributed by atoms with van der Waals surface area (Å²) in [6.45, 7) is 2.08. The van der Waals surface area contributed by atoms with Gasteiger partial charge in [0.05, 0.1) is 15.6 Å². The molecule has 2 aromatic carbocycles. The second-order valence-corrected chi connectivity index (χ2v) is 8.86. The monoisotopic (exact) mass is 443 g/mol. The van der Waals surface area contributed by atoms with Gasteiger partial charge in [-0.1, -0.05) is 42.0 Å². The Labute approximate surface area is 188 Å². The van der Waals surface area contributed by atoms with Gasteiger partial charge in [0.25, 0.3) is 0 Å². The molecular formula is C25H21N3O3S. The molecule has 3 N–H and O–H groups in total. The Bertz CT molecular complexity index is 1360. The molecule has 0 aliphatic carbocycles. The topological polar surface area (TPSA) is 87.4 Å². The number of carbonyl (C=O) groups is 1. The molecule has 0 fully saturated rings. The lowest BCUT2D eigenvalue weighted by molar-refractivity contribution is -0.117. The fourth-order valence-electron chi connectivity index (χ4n) is 3.91. The minimum atomic E-state index is -0.627. The average molecular weight is 444 g/mol. The number of hydrogen-bond donors (Lipinski definition) is 3. The highest BCUT2D eigenvalue weighted by atomic mass is 32.1. The molecule has 5 rings (SSSR count). The molecule has 1 amide bonds. The number of rotatable bonds is 5. The molecular weight excluding hydrogens is 422 g/mol. The van der Waals surface area contributed by atoms with Crippen molar-refractivity contribution in [3.63, 3.8) is 0 Å². The van der Waals surface area contributed by atoms with E-state index in [1.807, 2.05) is 43.3 Å². The summed E-state index contributed by atoms with van der Waals surface area (Å²) in [6, 6.07) is 18.6. The third-order valence-electron chi connectivity index (χ3n) is 5.65. The first-order valence-corrected chi connectivity index (χ1v) is 11.0. The predicted molar refractivity (Wildman–Crippen MR) is 127 cm³/mol. The van der Waals surface area contributed by atoms with Crippen LogP contribution >= 0.6 is 11.3 Å². The van der Waals surface area contributed by atoms with Gasteiger partial charge in [0.15, 0.2) is 0 Å². The van der Waals surface area contributed by atoms with Crippen LogP contribution in [-0.4, -0.2) is 25.7 Å². The van der Waals surface area contributed by atoms with Gasteiger partial charge in [-0.15, -0.1) is 11.3 Å². The highest BCUT2D eigenvalue weighted by Crippen LogP contribution is 2.38. The number of aromatic nitrogens is 2. The van der Waals surface area contributed by atoms with Crippen LogP contribution in [0.4, 0.5) is 5.00 Å². The summed E-state index contributed by atoms with van der Waals surface area (Å²) in [7, 11) is 0. The van der Waals surface area contributed by atoms with Crippen LogP contribution < -0.4 is 5.32 Å². The fraction of sp³-hybridized carbons (Fsp3) is 0.120. The van der Waals surface area contributed by atoms with E-state index >= 15 is 0 Å². The summed E-state index contributed by atoms with van der Waals surface area (Å²) in [6.07, 6.45) is 3.49. The van der Waals surface area contributed by atoms with Crippen LogP contribution in [-0.2, 0) is 11.3 Å². The number of aryl methyl sites for hydroxylation is 1. The maximum atomic E-state index is 13.4. The van der Waals surface area contributed by atoms with E-state index < -0.39 is 5.92 Å². The maximum Gasteiger partial charge on any atom is 0.234 e. The normalized spacial score (nSPS) is 12.3. The highest BCUT2D eigenvalue weighted by molar-refractivity contribution is 7.22. The van der Waals surface area contributed by atoms with E-state index in [4.69, 9.17) is 0 Å². The minimum Gasteiger partial charge on any atom is -0.494 e. The van der Waals surface area contributed by atoms with Crippen molar-refractivity contribution in [2.24, 2.45) is 0 Å². The molecule has 0 saturated carbocycles. The van der Waals surface area contributed by atoms with Crippen LogP contribution in [0.5, 0.6) is 11.8 Å². The molecule has 3 aromatic heterocycles. The van der Waals surface area contributed by atoms with Crippen LogP contribution in [0.25, 0.3) is 20.9 Å². The van der Waals surface area contributed by atoms with Gasteiger partial charge in [0.1, 0.15) is 0 Å². The van der Waals surface area contributed by atoms with Crippen LogP contribution in [0.15, 0.2) is 73.1 Å². The first kappa shape index (κ1) is 20.1. The zero-order valence-corrected chi connectivity index (χ0v) is 18.1. The lowest BCUT2D eigenvalue weighted by atomic mass is 9.97. The fourth-order valence-corrected chi connectivity index (χ4v) is 4.85. The molecule has 0 aliphatic rings. The first-order chi connectivity index (χ1) is 15.5. The van der Waals surface area contributed by atoms with E-state index in [0.717, 1.165) is 26.2 Å². The van der Waals surface area contributed by atoms with Gasteiger partial charge in [-0.3, -0.25) is 14.3 Å². The standard InChI is InChI=1S/C25H21N3O3S/c1-15-6-8-16(9-7-15)20(14-28-24(30)18-4-2-3-5-19(18)25(28)31)23(29)27-22-12-17-10-11-26-13-21(17)32-22/h2-13,20,30-31H,14H2,1H3,(H,27,29)/t20-/m1/s1. The number of thiophene rings is 1. The number of anilines is 1. The third-order valence-corrected chi connectivity index (χ3v) is 6.65. The minimum absolute atomic E-state index is 0.0593. The molecule has 0 aliphatic heterocycles. The molecule has 7 heteroatoms. The van der Waals surface area contributed by atoms with Gasteiger partial charge in [0, 0.05) is 29.7 Å². The van der Waals surface area contributed by atoms with Crippen LogP contribution in [0.3, 0.4) is 0 Å². The van der Waals surface area contributed by atoms with Gasteiger partial charge >= 0.3 is 0 Å². The van der Waals surface area contributed by atoms with Gasteiger partial charge in [-0.05, 0) is 42.1 Å². The molecule has 0 unspecified atom stereocenters. The third kappa shape index (κ3) is 3.56. The van der Waals surface area contributed by atoms with Gasteiger partial charge in [0.2, 0.25) is 17.7 Å². The number of nitrogens with zero attached hydrogens (tertiary/aromatic N) is 2. The van der Waals surface area contributed by atoms with E-state index in [2.05, 4.69) is 10.3 Å². The largest absolute Gasteiger partial charge is 0.494 e. The van der Waals surface area contributed by atoms with Crippen LogP contribution in [0, 0.1) is 6.92 Å². The van der Waals surface area contributed by atoms with Crippen molar-refractivity contribution in [3.05, 3.63) is 84.2 Å². The van der Waals surface area contributed by atoms with E-state index in [1.54, 1.807) is 36.7 Å². The van der Waals surface area contributed by atoms with Crippen molar-refractivity contribution in [3.8, 4) is 11.8 Å². The summed E-state index contributed by atoms with van der Waals surface area (Å²) < 4.78 is 2.38. The summed E-state index contributed by atoms with van der Waals surface area (Å²) >= 11 is 1.46. The van der Waals surface area contributed by atoms with E-state index in [9.17, 15) is 15.0 Å². The number of hydrogen-bond acceptors (Lipinski definition) is 5. The number of carbonyl (C=O) groups excluding carboxylic acids is 1. The SMILES string of the molecule is Cc1ccc([C@@H](Cn2c(O)c3ccccc3c2O)C(=O)Nc2cc3ccncc3s2)cc1. The molecule has 5 aromatic rings. The van der Waals surface area contributed by atoms with Gasteiger partial charge in [-0.25, -0.2) is 0 Å². The Balaban J connectivity index is 1.52. The zero-order chi connectivity index (χ0) is 22.2. The summed E-state index contributed by atoms with van der Waals surface area (Å²) in [5.74, 6) is -0.964. The zero-order valence-electron chi connectivity index (χ0n) is 17.3.